The molecule has 0 spiro atoms. The van der Waals surface area contributed by atoms with Crippen LogP contribution in [-0.4, -0.2) is 38.3 Å². The highest BCUT2D eigenvalue weighted by atomic mass is 16.1. The summed E-state index contributed by atoms with van der Waals surface area (Å²) in [5, 5.41) is 5.90. The second-order valence-corrected chi connectivity index (χ2v) is 7.55. The van der Waals surface area contributed by atoms with E-state index in [2.05, 4.69) is 35.6 Å². The number of nitrogens with zero attached hydrogens (tertiary/aromatic N) is 4. The maximum absolute atomic E-state index is 12.9. The van der Waals surface area contributed by atoms with E-state index in [0.717, 1.165) is 28.2 Å². The second-order valence-electron chi connectivity index (χ2n) is 7.55. The Morgan fingerprint density at radius 1 is 0.970 bits per heavy atom. The van der Waals surface area contributed by atoms with Gasteiger partial charge in [0.2, 0.25) is 11.9 Å². The number of carbonyl (C=O) groups is 1. The van der Waals surface area contributed by atoms with E-state index >= 15 is 0 Å². The largest absolute Gasteiger partial charge is 0.348 e. The van der Waals surface area contributed by atoms with E-state index in [1.54, 1.807) is 24.7 Å². The SMILES string of the molecule is Cc1cc(C)nc(NC(=NCCc2cnc[nH]2)NC(=O)c2ccc(-c3ccccc3)cc2)n1. The van der Waals surface area contributed by atoms with Crippen molar-refractivity contribution in [3.63, 3.8) is 0 Å². The molecule has 2 aromatic heterocycles. The third-order valence-corrected chi connectivity index (χ3v) is 4.90. The summed E-state index contributed by atoms with van der Waals surface area (Å²) in [7, 11) is 0. The minimum Gasteiger partial charge on any atom is -0.348 e. The van der Waals surface area contributed by atoms with Gasteiger partial charge in [0, 0.05) is 41.8 Å². The van der Waals surface area contributed by atoms with Crippen molar-refractivity contribution >= 4 is 17.8 Å². The minimum atomic E-state index is -0.272. The second kappa shape index (κ2) is 10.3. The van der Waals surface area contributed by atoms with E-state index in [-0.39, 0.29) is 11.9 Å². The number of aliphatic imine (C=N–C) groups is 1. The van der Waals surface area contributed by atoms with Crippen molar-refractivity contribution in [2.75, 3.05) is 11.9 Å². The molecule has 0 atom stereocenters. The third-order valence-electron chi connectivity index (χ3n) is 4.90. The molecule has 2 aromatic carbocycles. The first-order chi connectivity index (χ1) is 16.1. The number of H-pyrrole nitrogens is 1. The van der Waals surface area contributed by atoms with E-state index in [1.807, 2.05) is 62.4 Å². The number of guanidine groups is 1. The molecule has 1 amide bonds. The van der Waals surface area contributed by atoms with Gasteiger partial charge in [-0.15, -0.1) is 0 Å². The molecule has 0 radical (unpaired) electrons. The van der Waals surface area contributed by atoms with Gasteiger partial charge < -0.3 is 4.98 Å². The Kier molecular flexibility index (Phi) is 6.84. The predicted molar refractivity (Wildman–Crippen MR) is 129 cm³/mol. The van der Waals surface area contributed by atoms with Crippen LogP contribution >= 0.6 is 0 Å². The first-order valence-electron chi connectivity index (χ1n) is 10.6. The van der Waals surface area contributed by atoms with Gasteiger partial charge in [-0.25, -0.2) is 15.0 Å². The van der Waals surface area contributed by atoms with Crippen molar-refractivity contribution in [2.24, 2.45) is 4.99 Å². The quantitative estimate of drug-likeness (QED) is 0.312. The first kappa shape index (κ1) is 21.9. The van der Waals surface area contributed by atoms with Crippen LogP contribution in [0.2, 0.25) is 0 Å². The zero-order chi connectivity index (χ0) is 23.0. The first-order valence-corrected chi connectivity index (χ1v) is 10.6. The van der Waals surface area contributed by atoms with Gasteiger partial charge in [-0.1, -0.05) is 42.5 Å². The van der Waals surface area contributed by atoms with E-state index in [0.29, 0.717) is 24.5 Å². The molecule has 2 heterocycles. The summed E-state index contributed by atoms with van der Waals surface area (Å²) >= 11 is 0. The summed E-state index contributed by atoms with van der Waals surface area (Å²) < 4.78 is 0. The molecular weight excluding hydrogens is 414 g/mol. The molecule has 4 aromatic rings. The fourth-order valence-electron chi connectivity index (χ4n) is 3.33. The normalized spacial score (nSPS) is 11.3. The van der Waals surface area contributed by atoms with Gasteiger partial charge in [0.25, 0.3) is 5.91 Å². The van der Waals surface area contributed by atoms with Gasteiger partial charge in [-0.3, -0.25) is 20.4 Å². The molecule has 3 N–H and O–H groups in total. The Labute approximate surface area is 192 Å². The molecule has 0 saturated carbocycles. The standard InChI is InChI=1S/C25H25N7O/c1-17-14-18(2)30-25(29-17)32-24(27-13-12-22-15-26-16-28-22)31-23(33)21-10-8-20(9-11-21)19-6-4-3-5-7-19/h3-11,14-16H,12-13H2,1-2H3,(H,26,28)(H2,27,29,30,31,32,33). The lowest BCUT2D eigenvalue weighted by Crippen LogP contribution is -2.37. The molecule has 33 heavy (non-hydrogen) atoms. The van der Waals surface area contributed by atoms with Gasteiger partial charge in [0.05, 0.1) is 6.33 Å². The molecule has 0 unspecified atom stereocenters. The van der Waals surface area contributed by atoms with E-state index in [9.17, 15) is 4.79 Å². The number of hydrogen-bond donors (Lipinski definition) is 3. The molecule has 166 valence electrons. The molecule has 0 aliphatic rings. The lowest BCUT2D eigenvalue weighted by Gasteiger charge is -2.12. The molecule has 0 aliphatic heterocycles. The number of aryl methyl sites for hydroxylation is 2. The number of amides is 1. The number of imidazole rings is 1. The van der Waals surface area contributed by atoms with Crippen molar-refractivity contribution in [1.29, 1.82) is 0 Å². The number of anilines is 1. The molecule has 0 fully saturated rings. The summed E-state index contributed by atoms with van der Waals surface area (Å²) in [5.74, 6) is 0.399. The lowest BCUT2D eigenvalue weighted by molar-refractivity contribution is 0.0977. The zero-order valence-corrected chi connectivity index (χ0v) is 18.5. The highest BCUT2D eigenvalue weighted by molar-refractivity contribution is 6.09. The molecule has 4 rings (SSSR count). The predicted octanol–water partition coefficient (Wildman–Crippen LogP) is 3.92. The van der Waals surface area contributed by atoms with Crippen LogP contribution < -0.4 is 10.6 Å². The lowest BCUT2D eigenvalue weighted by atomic mass is 10.0. The van der Waals surface area contributed by atoms with Crippen LogP contribution in [0.25, 0.3) is 11.1 Å². The Morgan fingerprint density at radius 2 is 1.67 bits per heavy atom. The fourth-order valence-corrected chi connectivity index (χ4v) is 3.33. The van der Waals surface area contributed by atoms with Crippen molar-refractivity contribution in [2.45, 2.75) is 20.3 Å². The van der Waals surface area contributed by atoms with Crippen LogP contribution in [0.15, 0.2) is 78.2 Å². The van der Waals surface area contributed by atoms with Crippen LogP contribution in [0.4, 0.5) is 5.95 Å². The number of hydrogen-bond acceptors (Lipinski definition) is 5. The van der Waals surface area contributed by atoms with Crippen molar-refractivity contribution in [1.82, 2.24) is 25.3 Å². The maximum Gasteiger partial charge on any atom is 0.257 e. The summed E-state index contributed by atoms with van der Waals surface area (Å²) in [6, 6.07) is 19.4. The highest BCUT2D eigenvalue weighted by Crippen LogP contribution is 2.19. The average molecular weight is 440 g/mol. The Morgan fingerprint density at radius 3 is 2.33 bits per heavy atom. The topological polar surface area (TPSA) is 108 Å². The summed E-state index contributed by atoms with van der Waals surface area (Å²) in [5.41, 5.74) is 5.28. The number of nitrogens with one attached hydrogen (secondary N) is 3. The monoisotopic (exact) mass is 439 g/mol. The number of aromatic nitrogens is 4. The van der Waals surface area contributed by atoms with Gasteiger partial charge in [0.1, 0.15) is 0 Å². The van der Waals surface area contributed by atoms with Gasteiger partial charge in [0.15, 0.2) is 0 Å². The number of benzene rings is 2. The van der Waals surface area contributed by atoms with E-state index in [1.165, 1.54) is 0 Å². The summed E-state index contributed by atoms with van der Waals surface area (Å²) in [6.45, 7) is 4.23. The highest BCUT2D eigenvalue weighted by Gasteiger charge is 2.11. The average Bonchev–Trinajstić information content (AvgIpc) is 3.32. The fraction of sp³-hybridized carbons (Fsp3) is 0.160. The van der Waals surface area contributed by atoms with E-state index < -0.39 is 0 Å². The molecule has 0 saturated heterocycles. The summed E-state index contributed by atoms with van der Waals surface area (Å²) in [6.07, 6.45) is 4.03. The Hall–Kier alpha value is -4.33. The van der Waals surface area contributed by atoms with Crippen LogP contribution in [0.5, 0.6) is 0 Å². The van der Waals surface area contributed by atoms with Gasteiger partial charge in [-0.2, -0.15) is 0 Å². The molecule has 8 heteroatoms. The Bertz CT molecular complexity index is 1210. The number of rotatable bonds is 6. The number of carbonyl (C=O) groups excluding carboxylic acids is 1. The third kappa shape index (κ3) is 6.10. The van der Waals surface area contributed by atoms with E-state index in [4.69, 9.17) is 0 Å². The van der Waals surface area contributed by atoms with Crippen LogP contribution in [0.3, 0.4) is 0 Å². The maximum atomic E-state index is 12.9. The molecule has 0 bridgehead atoms. The molecule has 8 nitrogen and oxygen atoms in total. The van der Waals surface area contributed by atoms with Crippen molar-refractivity contribution in [3.8, 4) is 11.1 Å². The van der Waals surface area contributed by atoms with Crippen LogP contribution in [0.1, 0.15) is 27.4 Å². The van der Waals surface area contributed by atoms with Gasteiger partial charge in [-0.05, 0) is 43.2 Å². The van der Waals surface area contributed by atoms with Gasteiger partial charge >= 0.3 is 0 Å². The van der Waals surface area contributed by atoms with Crippen molar-refractivity contribution < 1.29 is 4.79 Å². The molecule has 0 aliphatic carbocycles. The number of aromatic amines is 1. The van der Waals surface area contributed by atoms with Crippen LogP contribution in [0, 0.1) is 13.8 Å². The van der Waals surface area contributed by atoms with Crippen molar-refractivity contribution in [3.05, 3.63) is 95.8 Å². The smallest absolute Gasteiger partial charge is 0.257 e. The molecular formula is C25H25N7O. The zero-order valence-electron chi connectivity index (χ0n) is 18.5. The minimum absolute atomic E-state index is 0.272. The summed E-state index contributed by atoms with van der Waals surface area (Å²) in [4.78, 5) is 33.3. The Balaban J connectivity index is 1.50. The van der Waals surface area contributed by atoms with Crippen LogP contribution in [-0.2, 0) is 6.42 Å².